The van der Waals surface area contributed by atoms with E-state index < -0.39 is 11.5 Å². The number of rotatable bonds is 14. The first-order valence-corrected chi connectivity index (χ1v) is 13.9. The highest BCUT2D eigenvalue weighted by Gasteiger charge is 2.46. The van der Waals surface area contributed by atoms with E-state index in [2.05, 4.69) is 15.3 Å². The number of hydrogen-bond donors (Lipinski definition) is 2. The quantitative estimate of drug-likeness (QED) is 0.179. The molecule has 1 unspecified atom stereocenters. The molecular weight excluding hydrogens is 490 g/mol. The molecule has 1 fully saturated rings. The first-order valence-electron chi connectivity index (χ1n) is 13.9. The third kappa shape index (κ3) is 7.20. The molecule has 2 aromatic heterocycles. The Morgan fingerprint density at radius 3 is 2.69 bits per heavy atom. The van der Waals surface area contributed by atoms with E-state index in [4.69, 9.17) is 4.42 Å². The van der Waals surface area contributed by atoms with Gasteiger partial charge < -0.3 is 9.52 Å². The smallest absolute Gasteiger partial charge is 0.333 e. The lowest BCUT2D eigenvalue weighted by Gasteiger charge is -2.33. The van der Waals surface area contributed by atoms with E-state index in [0.29, 0.717) is 30.0 Å². The number of hydrogen-bond acceptors (Lipinski definition) is 6. The summed E-state index contributed by atoms with van der Waals surface area (Å²) in [6.07, 6.45) is 20.5. The van der Waals surface area contributed by atoms with Gasteiger partial charge in [-0.25, -0.2) is 14.6 Å². The van der Waals surface area contributed by atoms with Crippen molar-refractivity contribution in [3.63, 3.8) is 0 Å². The number of carbonyl (C=O) groups is 1. The predicted molar refractivity (Wildman–Crippen MR) is 151 cm³/mol. The largest absolute Gasteiger partial charge is 0.479 e. The number of nitrogens with one attached hydrogen (secondary N) is 1. The van der Waals surface area contributed by atoms with Gasteiger partial charge in [0.15, 0.2) is 5.54 Å². The molecule has 7 heteroatoms. The van der Waals surface area contributed by atoms with Crippen LogP contribution in [0.4, 0.5) is 0 Å². The van der Waals surface area contributed by atoms with Gasteiger partial charge >= 0.3 is 5.97 Å². The lowest BCUT2D eigenvalue weighted by Crippen LogP contribution is -2.51. The van der Waals surface area contributed by atoms with Crippen molar-refractivity contribution < 1.29 is 19.1 Å². The van der Waals surface area contributed by atoms with Crippen LogP contribution in [0, 0.1) is 5.92 Å². The normalized spacial score (nSPS) is 15.6. The molecule has 1 atom stereocenters. The number of aliphatic carboxylic acids is 1. The summed E-state index contributed by atoms with van der Waals surface area (Å²) in [5.41, 5.74) is 0.251. The molecule has 0 amide bonds. The molecule has 1 aliphatic carbocycles. The lowest BCUT2D eigenvalue weighted by molar-refractivity contribution is -0.143. The van der Waals surface area contributed by atoms with Gasteiger partial charge in [-0.15, -0.1) is 0 Å². The maximum atomic E-state index is 13.2. The topological polar surface area (TPSA) is 105 Å². The molecule has 2 heterocycles. The number of carboxylic acids is 1. The van der Waals surface area contributed by atoms with Crippen molar-refractivity contribution in [3.8, 4) is 11.5 Å². The number of unbranched alkanes of at least 4 members (excludes halogenated alkanes) is 1. The van der Waals surface area contributed by atoms with Crippen LogP contribution in [0.15, 0.2) is 77.3 Å². The van der Waals surface area contributed by atoms with Gasteiger partial charge in [0.2, 0.25) is 5.89 Å². The summed E-state index contributed by atoms with van der Waals surface area (Å²) in [7, 11) is 0. The molecule has 1 saturated carbocycles. The second-order valence-electron chi connectivity index (χ2n) is 10.2. The summed E-state index contributed by atoms with van der Waals surface area (Å²) in [5, 5.41) is 14.1. The second-order valence-corrected chi connectivity index (χ2v) is 10.2. The molecule has 7 nitrogen and oxygen atoms in total. The molecule has 0 aliphatic heterocycles. The van der Waals surface area contributed by atoms with E-state index in [1.807, 2.05) is 30.2 Å². The van der Waals surface area contributed by atoms with Crippen molar-refractivity contribution in [3.05, 3.63) is 84.0 Å². The summed E-state index contributed by atoms with van der Waals surface area (Å²) in [4.78, 5) is 34.0. The molecule has 0 bridgehead atoms. The Kier molecular flexibility index (Phi) is 10.4. The van der Waals surface area contributed by atoms with Gasteiger partial charge in [0.1, 0.15) is 12.2 Å². The number of carboxylic acid groups (broad SMARTS) is 1. The SMILES string of the molecule is O=C=C(CCC=Cc1cccnc1)C(NCCCCC1CCCCC1)(C(=O)O)c1ccccc1-c1ncco1. The summed E-state index contributed by atoms with van der Waals surface area (Å²) in [6, 6.07) is 10.9. The fraction of sp³-hybridized carbons (Fsp3) is 0.406. The molecule has 4 rings (SSSR count). The summed E-state index contributed by atoms with van der Waals surface area (Å²) in [6.45, 7) is 0.454. The molecule has 1 aliphatic rings. The Balaban J connectivity index is 1.58. The van der Waals surface area contributed by atoms with Crippen molar-refractivity contribution in [1.29, 1.82) is 0 Å². The van der Waals surface area contributed by atoms with Crippen LogP contribution >= 0.6 is 0 Å². The molecule has 0 spiro atoms. The van der Waals surface area contributed by atoms with Gasteiger partial charge in [-0.2, -0.15) is 0 Å². The molecule has 0 saturated heterocycles. The van der Waals surface area contributed by atoms with E-state index in [1.54, 1.807) is 36.7 Å². The molecule has 3 aromatic rings. The lowest BCUT2D eigenvalue weighted by atomic mass is 9.78. The van der Waals surface area contributed by atoms with Crippen LogP contribution in [-0.2, 0) is 15.1 Å². The Labute approximate surface area is 230 Å². The number of allylic oxidation sites excluding steroid dienone is 1. The maximum Gasteiger partial charge on any atom is 0.333 e. The third-order valence-corrected chi connectivity index (χ3v) is 7.60. The van der Waals surface area contributed by atoms with Crippen molar-refractivity contribution in [2.24, 2.45) is 5.92 Å². The number of benzene rings is 1. The highest BCUT2D eigenvalue weighted by Crippen LogP contribution is 2.38. The first-order chi connectivity index (χ1) is 19.1. The zero-order valence-corrected chi connectivity index (χ0v) is 22.4. The van der Waals surface area contributed by atoms with Crippen LogP contribution in [-0.4, -0.2) is 33.5 Å². The fourth-order valence-corrected chi connectivity index (χ4v) is 5.58. The van der Waals surface area contributed by atoms with Crippen LogP contribution in [0.25, 0.3) is 17.5 Å². The van der Waals surface area contributed by atoms with E-state index in [1.165, 1.54) is 44.6 Å². The average molecular weight is 528 g/mol. The minimum atomic E-state index is -1.76. The first kappa shape index (κ1) is 28.2. The number of nitrogens with zero attached hydrogens (tertiary/aromatic N) is 2. The maximum absolute atomic E-state index is 13.2. The van der Waals surface area contributed by atoms with Crippen LogP contribution in [0.1, 0.15) is 75.3 Å². The van der Waals surface area contributed by atoms with Crippen LogP contribution in [0.5, 0.6) is 0 Å². The molecule has 1 aromatic carbocycles. The third-order valence-electron chi connectivity index (χ3n) is 7.60. The minimum Gasteiger partial charge on any atom is -0.479 e. The standard InChI is InChI=1S/C32H37N3O4/c36-24-27(16-5-4-14-26-15-10-19-33-23-26)32(31(37)38,35-20-9-8-13-25-11-2-1-3-12-25)29-18-7-6-17-28(29)30-34-21-22-39-30/h4,6-7,10,14-15,17-19,21-23,25,35H,1-3,5,8-9,11-13,16,20H2,(H,37,38). The van der Waals surface area contributed by atoms with E-state index in [9.17, 15) is 14.7 Å². The highest BCUT2D eigenvalue weighted by atomic mass is 16.4. The van der Waals surface area contributed by atoms with Gasteiger partial charge in [0, 0.05) is 29.1 Å². The van der Waals surface area contributed by atoms with Gasteiger partial charge in [-0.1, -0.05) is 81.4 Å². The van der Waals surface area contributed by atoms with E-state index in [-0.39, 0.29) is 12.0 Å². The van der Waals surface area contributed by atoms with Crippen LogP contribution < -0.4 is 5.32 Å². The summed E-state index contributed by atoms with van der Waals surface area (Å²) in [5.74, 6) is 1.94. The number of oxazole rings is 1. The molecule has 0 radical (unpaired) electrons. The van der Waals surface area contributed by atoms with Gasteiger partial charge in [0.25, 0.3) is 0 Å². The Bertz CT molecular complexity index is 1260. The van der Waals surface area contributed by atoms with Crippen molar-refractivity contribution >= 4 is 18.0 Å². The minimum absolute atomic E-state index is 0.136. The number of aromatic nitrogens is 2. The summed E-state index contributed by atoms with van der Waals surface area (Å²) < 4.78 is 5.55. The number of carbonyl (C=O) groups excluding carboxylic acids is 1. The summed E-state index contributed by atoms with van der Waals surface area (Å²) >= 11 is 0. The van der Waals surface area contributed by atoms with Crippen LogP contribution in [0.2, 0.25) is 0 Å². The Hall–Kier alpha value is -3.80. The Morgan fingerprint density at radius 2 is 1.97 bits per heavy atom. The fourth-order valence-electron chi connectivity index (χ4n) is 5.58. The Morgan fingerprint density at radius 1 is 1.13 bits per heavy atom. The number of pyridine rings is 1. The van der Waals surface area contributed by atoms with Gasteiger partial charge in [0.05, 0.1) is 6.20 Å². The molecular formula is C32H37N3O4. The van der Waals surface area contributed by atoms with Crippen molar-refractivity contribution in [1.82, 2.24) is 15.3 Å². The molecule has 204 valence electrons. The van der Waals surface area contributed by atoms with Crippen LogP contribution in [0.3, 0.4) is 0 Å². The zero-order chi connectivity index (χ0) is 27.3. The monoisotopic (exact) mass is 527 g/mol. The van der Waals surface area contributed by atoms with E-state index >= 15 is 0 Å². The van der Waals surface area contributed by atoms with E-state index in [0.717, 1.165) is 30.7 Å². The van der Waals surface area contributed by atoms with Gasteiger partial charge in [-0.3, -0.25) is 10.3 Å². The zero-order valence-electron chi connectivity index (χ0n) is 22.4. The molecule has 39 heavy (non-hydrogen) atoms. The highest BCUT2D eigenvalue weighted by molar-refractivity contribution is 5.91. The average Bonchev–Trinajstić information content (AvgIpc) is 3.52. The van der Waals surface area contributed by atoms with Crippen molar-refractivity contribution in [2.45, 2.75) is 69.7 Å². The van der Waals surface area contributed by atoms with Gasteiger partial charge in [-0.05, 0) is 49.4 Å². The van der Waals surface area contributed by atoms with Crippen molar-refractivity contribution in [2.75, 3.05) is 6.54 Å². The predicted octanol–water partition coefficient (Wildman–Crippen LogP) is 6.61. The second kappa shape index (κ2) is 14.4. The molecule has 2 N–H and O–H groups in total.